The fourth-order valence-electron chi connectivity index (χ4n) is 5.80. The first-order valence-corrected chi connectivity index (χ1v) is 10.4. The zero-order valence-electron chi connectivity index (χ0n) is 16.6. The van der Waals surface area contributed by atoms with Crippen LogP contribution in [0, 0.1) is 33.8 Å². The predicted molar refractivity (Wildman–Crippen MR) is 111 cm³/mol. The molecular weight excluding hydrogens is 398 g/mol. The van der Waals surface area contributed by atoms with E-state index in [1.54, 1.807) is 0 Å². The standard InChI is InChI=1S/C23H21N3O5/c27-19(24-15-7-4-8-16(11-15)26(30)31)12-25-22(28)20-14-9-17(13-5-2-1-3-6-13)18(10-14)21(20)23(25)29/h1-8,11,14,17-18,20-21H,9-10,12H2,(H,24,27)/t14-,17+,18+,20+,21+/m0/s1. The molecule has 0 radical (unpaired) electrons. The van der Waals surface area contributed by atoms with Crippen LogP contribution in [0.4, 0.5) is 11.4 Å². The van der Waals surface area contributed by atoms with Gasteiger partial charge in [0.1, 0.15) is 6.54 Å². The van der Waals surface area contributed by atoms with Gasteiger partial charge in [-0.1, -0.05) is 36.4 Å². The lowest BCUT2D eigenvalue weighted by Gasteiger charge is -2.28. The molecule has 8 nitrogen and oxygen atoms in total. The molecule has 2 aromatic rings. The van der Waals surface area contributed by atoms with E-state index in [1.807, 2.05) is 18.2 Å². The molecule has 2 saturated carbocycles. The number of hydrogen-bond acceptors (Lipinski definition) is 5. The van der Waals surface area contributed by atoms with E-state index in [4.69, 9.17) is 0 Å². The van der Waals surface area contributed by atoms with Gasteiger partial charge in [-0.25, -0.2) is 0 Å². The number of amides is 3. The summed E-state index contributed by atoms with van der Waals surface area (Å²) in [5.74, 6) is -1.21. The van der Waals surface area contributed by atoms with Crippen molar-refractivity contribution in [2.45, 2.75) is 18.8 Å². The maximum absolute atomic E-state index is 13.1. The zero-order chi connectivity index (χ0) is 21.7. The number of carbonyl (C=O) groups excluding carboxylic acids is 3. The van der Waals surface area contributed by atoms with Gasteiger partial charge in [-0.2, -0.15) is 0 Å². The molecule has 1 saturated heterocycles. The van der Waals surface area contributed by atoms with Crippen LogP contribution in [0.25, 0.3) is 0 Å². The number of carbonyl (C=O) groups is 3. The third kappa shape index (κ3) is 3.19. The maximum atomic E-state index is 13.1. The van der Waals surface area contributed by atoms with Gasteiger partial charge in [-0.15, -0.1) is 0 Å². The average Bonchev–Trinajstić information content (AvgIpc) is 3.42. The fourth-order valence-corrected chi connectivity index (χ4v) is 5.80. The Kier molecular flexibility index (Phi) is 4.57. The van der Waals surface area contributed by atoms with E-state index in [0.29, 0.717) is 0 Å². The molecule has 0 spiro atoms. The van der Waals surface area contributed by atoms with Gasteiger partial charge in [0.15, 0.2) is 0 Å². The predicted octanol–water partition coefficient (Wildman–Crippen LogP) is 2.96. The van der Waals surface area contributed by atoms with Gasteiger partial charge in [-0.05, 0) is 42.2 Å². The molecule has 2 aromatic carbocycles. The van der Waals surface area contributed by atoms with Crippen molar-refractivity contribution in [3.8, 4) is 0 Å². The summed E-state index contributed by atoms with van der Waals surface area (Å²) < 4.78 is 0. The number of anilines is 1. The monoisotopic (exact) mass is 419 g/mol. The second-order valence-electron chi connectivity index (χ2n) is 8.58. The Morgan fingerprint density at radius 1 is 1.03 bits per heavy atom. The molecule has 0 unspecified atom stereocenters. The van der Waals surface area contributed by atoms with Gasteiger partial charge >= 0.3 is 0 Å². The molecule has 2 aliphatic carbocycles. The highest BCUT2D eigenvalue weighted by Crippen LogP contribution is 2.61. The van der Waals surface area contributed by atoms with Gasteiger partial charge < -0.3 is 5.32 Å². The van der Waals surface area contributed by atoms with E-state index >= 15 is 0 Å². The highest BCUT2D eigenvalue weighted by atomic mass is 16.6. The molecule has 0 aromatic heterocycles. The molecule has 5 rings (SSSR count). The first-order chi connectivity index (χ1) is 14.9. The number of nitrogens with one attached hydrogen (secondary N) is 1. The van der Waals surface area contributed by atoms with Crippen LogP contribution >= 0.6 is 0 Å². The number of rotatable bonds is 5. The van der Waals surface area contributed by atoms with Crippen LogP contribution in [-0.2, 0) is 14.4 Å². The Hall–Kier alpha value is -3.55. The SMILES string of the molecule is O=C(CN1C(=O)[C@@H]2[C@@H]3C[C@@H]([C@H]2C1=O)[C@@H](c1ccccc1)C3)Nc1cccc([N+](=O)[O-])c1. The highest BCUT2D eigenvalue weighted by molar-refractivity contribution is 6.09. The van der Waals surface area contributed by atoms with Crippen LogP contribution in [0.1, 0.15) is 24.3 Å². The van der Waals surface area contributed by atoms with Crippen molar-refractivity contribution in [3.63, 3.8) is 0 Å². The largest absolute Gasteiger partial charge is 0.324 e. The fraction of sp³-hybridized carbons (Fsp3) is 0.348. The molecule has 3 amide bonds. The van der Waals surface area contributed by atoms with Crippen LogP contribution in [0.5, 0.6) is 0 Å². The van der Waals surface area contributed by atoms with Gasteiger partial charge in [-0.3, -0.25) is 29.4 Å². The molecule has 1 N–H and O–H groups in total. The van der Waals surface area contributed by atoms with Crippen molar-refractivity contribution < 1.29 is 19.3 Å². The molecule has 8 heteroatoms. The smallest absolute Gasteiger partial charge is 0.271 e. The van der Waals surface area contributed by atoms with Crippen molar-refractivity contribution in [3.05, 3.63) is 70.3 Å². The summed E-state index contributed by atoms with van der Waals surface area (Å²) in [6.07, 6.45) is 1.77. The summed E-state index contributed by atoms with van der Waals surface area (Å²) >= 11 is 0. The number of non-ortho nitro benzene ring substituents is 1. The van der Waals surface area contributed by atoms with E-state index in [1.165, 1.54) is 29.8 Å². The molecule has 5 atom stereocenters. The topological polar surface area (TPSA) is 110 Å². The van der Waals surface area contributed by atoms with Crippen molar-refractivity contribution in [1.82, 2.24) is 4.90 Å². The number of nitro groups is 1. The third-order valence-corrected chi connectivity index (χ3v) is 6.98. The number of hydrogen-bond donors (Lipinski definition) is 1. The minimum absolute atomic E-state index is 0.124. The summed E-state index contributed by atoms with van der Waals surface area (Å²) in [6, 6.07) is 15.6. The van der Waals surface area contributed by atoms with E-state index < -0.39 is 10.8 Å². The normalized spacial score (nSPS) is 28.6. The number of likely N-dealkylation sites (tertiary alicyclic amines) is 1. The maximum Gasteiger partial charge on any atom is 0.271 e. The minimum atomic E-state index is -0.552. The van der Waals surface area contributed by atoms with Crippen LogP contribution in [-0.4, -0.2) is 34.1 Å². The van der Waals surface area contributed by atoms with Crippen LogP contribution < -0.4 is 5.32 Å². The van der Waals surface area contributed by atoms with Crippen LogP contribution in [0.15, 0.2) is 54.6 Å². The Labute approximate surface area is 178 Å². The number of nitrogens with zero attached hydrogens (tertiary/aromatic N) is 2. The Bertz CT molecular complexity index is 1090. The second-order valence-corrected chi connectivity index (χ2v) is 8.58. The van der Waals surface area contributed by atoms with E-state index in [0.717, 1.165) is 17.7 Å². The number of imide groups is 1. The lowest BCUT2D eigenvalue weighted by atomic mass is 9.73. The van der Waals surface area contributed by atoms with E-state index in [9.17, 15) is 24.5 Å². The first kappa shape index (κ1) is 19.4. The Balaban J connectivity index is 1.30. The highest BCUT2D eigenvalue weighted by Gasteiger charge is 2.63. The molecular formula is C23H21N3O5. The van der Waals surface area contributed by atoms with Gasteiger partial charge in [0, 0.05) is 17.8 Å². The lowest BCUT2D eigenvalue weighted by molar-refractivity contribution is -0.384. The molecule has 31 heavy (non-hydrogen) atoms. The van der Waals surface area contributed by atoms with E-state index in [2.05, 4.69) is 17.4 Å². The molecule has 158 valence electrons. The average molecular weight is 419 g/mol. The summed E-state index contributed by atoms with van der Waals surface area (Å²) in [7, 11) is 0. The molecule has 3 fully saturated rings. The second kappa shape index (κ2) is 7.30. The lowest BCUT2D eigenvalue weighted by Crippen LogP contribution is -2.39. The summed E-state index contributed by atoms with van der Waals surface area (Å²) in [6.45, 7) is -0.372. The first-order valence-electron chi connectivity index (χ1n) is 10.4. The van der Waals surface area contributed by atoms with Crippen LogP contribution in [0.2, 0.25) is 0 Å². The quantitative estimate of drug-likeness (QED) is 0.455. The number of fused-ring (bicyclic) bond motifs is 5. The van der Waals surface area contributed by atoms with Crippen molar-refractivity contribution in [2.24, 2.45) is 23.7 Å². The molecule has 2 bridgehead atoms. The van der Waals surface area contributed by atoms with Crippen molar-refractivity contribution in [1.29, 1.82) is 0 Å². The zero-order valence-corrected chi connectivity index (χ0v) is 16.6. The molecule has 1 heterocycles. The Morgan fingerprint density at radius 2 is 1.77 bits per heavy atom. The van der Waals surface area contributed by atoms with Gasteiger partial charge in [0.05, 0.1) is 16.8 Å². The number of benzene rings is 2. The van der Waals surface area contributed by atoms with Crippen molar-refractivity contribution in [2.75, 3.05) is 11.9 Å². The molecule has 1 aliphatic heterocycles. The van der Waals surface area contributed by atoms with Gasteiger partial charge in [0.2, 0.25) is 17.7 Å². The summed E-state index contributed by atoms with van der Waals surface area (Å²) in [5.41, 5.74) is 1.31. The number of nitro benzene ring substituents is 1. The van der Waals surface area contributed by atoms with Crippen molar-refractivity contribution >= 4 is 29.1 Å². The summed E-state index contributed by atoms with van der Waals surface area (Å²) in [4.78, 5) is 50.1. The summed E-state index contributed by atoms with van der Waals surface area (Å²) in [5, 5.41) is 13.5. The van der Waals surface area contributed by atoms with E-state index in [-0.39, 0.29) is 59.3 Å². The molecule has 3 aliphatic rings. The van der Waals surface area contributed by atoms with Crippen LogP contribution in [0.3, 0.4) is 0 Å². The Morgan fingerprint density at radius 3 is 2.52 bits per heavy atom. The van der Waals surface area contributed by atoms with Gasteiger partial charge in [0.25, 0.3) is 5.69 Å². The minimum Gasteiger partial charge on any atom is -0.324 e. The third-order valence-electron chi connectivity index (χ3n) is 6.98.